The molecule has 0 unspecified atom stereocenters. The van der Waals surface area contributed by atoms with Gasteiger partial charge in [-0.3, -0.25) is 0 Å². The van der Waals surface area contributed by atoms with Crippen molar-refractivity contribution in [1.29, 1.82) is 0 Å². The molecule has 0 heterocycles. The smallest absolute Gasteiger partial charge is 0.158 e. The zero-order chi connectivity index (χ0) is 13.7. The highest BCUT2D eigenvalue weighted by atomic mass is 16.3. The van der Waals surface area contributed by atoms with Crippen LogP contribution in [-0.2, 0) is 6.42 Å². The molecule has 0 radical (unpaired) electrons. The highest BCUT2D eigenvalue weighted by molar-refractivity contribution is 5.86. The molecular weight excluding hydrogens is 236 g/mol. The van der Waals surface area contributed by atoms with Crippen molar-refractivity contribution in [3.63, 3.8) is 0 Å². The molecule has 2 aromatic rings. The van der Waals surface area contributed by atoms with Gasteiger partial charge in [0.25, 0.3) is 0 Å². The molecule has 2 nitrogen and oxygen atoms in total. The van der Waals surface area contributed by atoms with Crippen LogP contribution in [0, 0.1) is 0 Å². The van der Waals surface area contributed by atoms with Gasteiger partial charge in [0.15, 0.2) is 11.5 Å². The van der Waals surface area contributed by atoms with E-state index in [1.807, 2.05) is 6.07 Å². The van der Waals surface area contributed by atoms with E-state index in [4.69, 9.17) is 0 Å². The number of phenols is 2. The van der Waals surface area contributed by atoms with E-state index in [0.29, 0.717) is 0 Å². The van der Waals surface area contributed by atoms with Crippen molar-refractivity contribution in [3.8, 4) is 11.5 Å². The minimum Gasteiger partial charge on any atom is -0.504 e. The lowest BCUT2D eigenvalue weighted by Crippen LogP contribution is -1.86. The molecule has 0 saturated heterocycles. The average Bonchev–Trinajstić information content (AvgIpc) is 2.40. The van der Waals surface area contributed by atoms with E-state index in [-0.39, 0.29) is 11.5 Å². The lowest BCUT2D eigenvalue weighted by Gasteiger charge is -2.06. The topological polar surface area (TPSA) is 40.5 Å². The largest absolute Gasteiger partial charge is 0.504 e. The normalized spacial score (nSPS) is 11.0. The van der Waals surface area contributed by atoms with Gasteiger partial charge in [0, 0.05) is 0 Å². The minimum absolute atomic E-state index is 0.0485. The summed E-state index contributed by atoms with van der Waals surface area (Å²) in [6.45, 7) is 2.23. The first-order valence-electron chi connectivity index (χ1n) is 7.15. The van der Waals surface area contributed by atoms with Crippen LogP contribution in [0.25, 0.3) is 10.8 Å². The molecule has 0 spiro atoms. The van der Waals surface area contributed by atoms with Crippen molar-refractivity contribution in [1.82, 2.24) is 0 Å². The molecule has 102 valence electrons. The van der Waals surface area contributed by atoms with Crippen LogP contribution in [0.5, 0.6) is 11.5 Å². The van der Waals surface area contributed by atoms with Crippen molar-refractivity contribution < 1.29 is 10.2 Å². The van der Waals surface area contributed by atoms with E-state index < -0.39 is 0 Å². The molecular formula is C17H22O2. The van der Waals surface area contributed by atoms with Crippen LogP contribution in [0.4, 0.5) is 0 Å². The number of aryl methyl sites for hydroxylation is 1. The predicted octanol–water partition coefficient (Wildman–Crippen LogP) is 4.76. The molecule has 19 heavy (non-hydrogen) atoms. The molecule has 0 saturated carbocycles. The number of phenolic OH excluding ortho intramolecular Hbond substituents is 2. The van der Waals surface area contributed by atoms with Crippen molar-refractivity contribution in [3.05, 3.63) is 35.9 Å². The Morgan fingerprint density at radius 1 is 0.789 bits per heavy atom. The molecule has 0 bridgehead atoms. The van der Waals surface area contributed by atoms with E-state index in [9.17, 15) is 10.2 Å². The summed E-state index contributed by atoms with van der Waals surface area (Å²) in [4.78, 5) is 0. The third-order valence-corrected chi connectivity index (χ3v) is 3.57. The second kappa shape index (κ2) is 6.46. The highest BCUT2D eigenvalue weighted by Crippen LogP contribution is 2.30. The number of fused-ring (bicyclic) bond motifs is 1. The van der Waals surface area contributed by atoms with Gasteiger partial charge in [-0.15, -0.1) is 0 Å². The maximum absolute atomic E-state index is 9.53. The number of hydrogen-bond donors (Lipinski definition) is 2. The lowest BCUT2D eigenvalue weighted by molar-refractivity contribution is 0.405. The maximum atomic E-state index is 9.53. The Kier molecular flexibility index (Phi) is 4.67. The molecule has 0 amide bonds. The first-order chi connectivity index (χ1) is 9.20. The minimum atomic E-state index is -0.0557. The highest BCUT2D eigenvalue weighted by Gasteiger charge is 2.03. The molecule has 2 heteroatoms. The molecule has 0 aliphatic heterocycles. The van der Waals surface area contributed by atoms with Crippen LogP contribution >= 0.6 is 0 Å². The van der Waals surface area contributed by atoms with Gasteiger partial charge in [-0.05, 0) is 41.3 Å². The monoisotopic (exact) mass is 258 g/mol. The van der Waals surface area contributed by atoms with E-state index >= 15 is 0 Å². The van der Waals surface area contributed by atoms with Gasteiger partial charge in [0.05, 0.1) is 0 Å². The second-order valence-corrected chi connectivity index (χ2v) is 5.19. The summed E-state index contributed by atoms with van der Waals surface area (Å²) in [5.74, 6) is -0.104. The summed E-state index contributed by atoms with van der Waals surface area (Å²) >= 11 is 0. The molecule has 0 atom stereocenters. The van der Waals surface area contributed by atoms with Gasteiger partial charge < -0.3 is 10.2 Å². The Bertz CT molecular complexity index is 546. The Labute approximate surface area is 114 Å². The fraction of sp³-hybridized carbons (Fsp3) is 0.412. The second-order valence-electron chi connectivity index (χ2n) is 5.19. The van der Waals surface area contributed by atoms with Crippen molar-refractivity contribution in [2.75, 3.05) is 0 Å². The van der Waals surface area contributed by atoms with Crippen molar-refractivity contribution >= 4 is 10.8 Å². The fourth-order valence-electron chi connectivity index (χ4n) is 2.41. The predicted molar refractivity (Wildman–Crippen MR) is 79.7 cm³/mol. The van der Waals surface area contributed by atoms with Crippen LogP contribution in [0.3, 0.4) is 0 Å². The molecule has 0 aliphatic carbocycles. The quantitative estimate of drug-likeness (QED) is 0.579. The molecule has 2 aromatic carbocycles. The summed E-state index contributed by atoms with van der Waals surface area (Å²) in [7, 11) is 0. The number of aromatic hydroxyl groups is 2. The molecule has 2 N–H and O–H groups in total. The van der Waals surface area contributed by atoms with Crippen LogP contribution in [0.1, 0.15) is 44.6 Å². The Balaban J connectivity index is 2.03. The first kappa shape index (κ1) is 13.7. The van der Waals surface area contributed by atoms with E-state index in [0.717, 1.165) is 17.2 Å². The zero-order valence-corrected chi connectivity index (χ0v) is 11.5. The lowest BCUT2D eigenvalue weighted by atomic mass is 10.0. The third kappa shape index (κ3) is 3.63. The van der Waals surface area contributed by atoms with E-state index in [1.54, 1.807) is 12.1 Å². The van der Waals surface area contributed by atoms with Gasteiger partial charge in [0.2, 0.25) is 0 Å². The van der Waals surface area contributed by atoms with Gasteiger partial charge in [-0.1, -0.05) is 50.8 Å². The van der Waals surface area contributed by atoms with Crippen LogP contribution in [0.2, 0.25) is 0 Å². The number of rotatable bonds is 6. The van der Waals surface area contributed by atoms with Gasteiger partial charge >= 0.3 is 0 Å². The van der Waals surface area contributed by atoms with Crippen molar-refractivity contribution in [2.45, 2.75) is 45.4 Å². The average molecular weight is 258 g/mol. The molecule has 0 aromatic heterocycles. The summed E-state index contributed by atoms with van der Waals surface area (Å²) in [6.07, 6.45) is 7.51. The number of benzene rings is 2. The zero-order valence-electron chi connectivity index (χ0n) is 11.5. The summed E-state index contributed by atoms with van der Waals surface area (Å²) in [6, 6.07) is 9.46. The summed E-state index contributed by atoms with van der Waals surface area (Å²) in [5.41, 5.74) is 1.30. The first-order valence-corrected chi connectivity index (χ1v) is 7.15. The number of unbranched alkanes of at least 4 members (excludes halogenated alkanes) is 4. The molecule has 2 rings (SSSR count). The van der Waals surface area contributed by atoms with Gasteiger partial charge in [-0.25, -0.2) is 0 Å². The Hall–Kier alpha value is -1.70. The maximum Gasteiger partial charge on any atom is 0.158 e. The Morgan fingerprint density at radius 3 is 2.21 bits per heavy atom. The van der Waals surface area contributed by atoms with Gasteiger partial charge in [0.1, 0.15) is 0 Å². The van der Waals surface area contributed by atoms with Crippen LogP contribution in [-0.4, -0.2) is 10.2 Å². The summed E-state index contributed by atoms with van der Waals surface area (Å²) in [5, 5.41) is 20.9. The van der Waals surface area contributed by atoms with Crippen LogP contribution in [0.15, 0.2) is 30.3 Å². The van der Waals surface area contributed by atoms with Crippen molar-refractivity contribution in [2.24, 2.45) is 0 Å². The molecule has 0 fully saturated rings. The summed E-state index contributed by atoms with van der Waals surface area (Å²) < 4.78 is 0. The Morgan fingerprint density at radius 2 is 1.47 bits per heavy atom. The number of hydrogen-bond acceptors (Lipinski definition) is 2. The van der Waals surface area contributed by atoms with Crippen LogP contribution < -0.4 is 0 Å². The SMILES string of the molecule is CCCCCCCc1ccc2cc(O)c(O)cc2c1. The third-order valence-electron chi connectivity index (χ3n) is 3.57. The molecule has 0 aliphatic rings. The standard InChI is InChI=1S/C17H22O2/c1-2-3-4-5-6-7-13-8-9-14-11-16(18)17(19)12-15(14)10-13/h8-12,18-19H,2-7H2,1H3. The fourth-order valence-corrected chi connectivity index (χ4v) is 2.41. The van der Waals surface area contributed by atoms with E-state index in [2.05, 4.69) is 19.1 Å². The van der Waals surface area contributed by atoms with E-state index in [1.165, 1.54) is 37.7 Å². The van der Waals surface area contributed by atoms with Gasteiger partial charge in [-0.2, -0.15) is 0 Å².